The predicted molar refractivity (Wildman–Crippen MR) is 74.2 cm³/mol. The van der Waals surface area contributed by atoms with E-state index in [-0.39, 0.29) is 11.5 Å². The lowest BCUT2D eigenvalue weighted by Gasteiger charge is -2.24. The van der Waals surface area contributed by atoms with Crippen LogP contribution in [0.25, 0.3) is 0 Å². The highest BCUT2D eigenvalue weighted by atomic mass is 16.4. The minimum atomic E-state index is -1.02. The van der Waals surface area contributed by atoms with Gasteiger partial charge in [-0.05, 0) is 32.0 Å². The molecule has 1 aromatic carbocycles. The van der Waals surface area contributed by atoms with E-state index in [4.69, 9.17) is 10.8 Å². The van der Waals surface area contributed by atoms with Gasteiger partial charge in [-0.3, -0.25) is 4.79 Å². The van der Waals surface area contributed by atoms with E-state index >= 15 is 0 Å². The second kappa shape index (κ2) is 5.60. The van der Waals surface area contributed by atoms with Crippen LogP contribution >= 0.6 is 0 Å². The number of carboxylic acid groups (broad SMARTS) is 1. The van der Waals surface area contributed by atoms with E-state index in [0.717, 1.165) is 0 Å². The molecule has 1 amide bonds. The number of carboxylic acids is 1. The lowest BCUT2D eigenvalue weighted by molar-refractivity contribution is -0.128. The number of anilines is 2. The van der Waals surface area contributed by atoms with Crippen LogP contribution in [0.5, 0.6) is 0 Å². The van der Waals surface area contributed by atoms with Crippen LogP contribution in [-0.4, -0.2) is 30.6 Å². The number of rotatable bonds is 5. The molecule has 1 aromatic rings. The molecule has 0 spiro atoms. The summed E-state index contributed by atoms with van der Waals surface area (Å²) in [5, 5.41) is 14.5. The predicted octanol–water partition coefficient (Wildman–Crippen LogP) is 1.15. The molecule has 1 rings (SSSR count). The summed E-state index contributed by atoms with van der Waals surface area (Å²) in [6.07, 6.45) is 0. The summed E-state index contributed by atoms with van der Waals surface area (Å²) < 4.78 is 0. The molecule has 0 heterocycles. The number of hydrogen-bond acceptors (Lipinski definition) is 4. The Morgan fingerprint density at radius 2 is 2.00 bits per heavy atom. The van der Waals surface area contributed by atoms with Crippen LogP contribution in [0.1, 0.15) is 24.2 Å². The number of nitrogens with one attached hydrogen (secondary N) is 2. The van der Waals surface area contributed by atoms with Crippen molar-refractivity contribution in [2.45, 2.75) is 13.8 Å². The molecule has 0 saturated carbocycles. The van der Waals surface area contributed by atoms with E-state index in [0.29, 0.717) is 17.9 Å². The Labute approximate surface area is 112 Å². The Balaban J connectivity index is 2.79. The molecule has 0 aromatic heterocycles. The number of carbonyl (C=O) groups excluding carboxylic acids is 1. The third-order valence-electron chi connectivity index (χ3n) is 2.86. The number of carbonyl (C=O) groups is 2. The van der Waals surface area contributed by atoms with Crippen LogP contribution in [0.3, 0.4) is 0 Å². The molecule has 0 radical (unpaired) electrons. The van der Waals surface area contributed by atoms with Crippen LogP contribution in [-0.2, 0) is 4.79 Å². The summed E-state index contributed by atoms with van der Waals surface area (Å²) in [6.45, 7) is 4.00. The van der Waals surface area contributed by atoms with E-state index in [2.05, 4.69) is 10.6 Å². The van der Waals surface area contributed by atoms with Gasteiger partial charge in [-0.1, -0.05) is 0 Å². The van der Waals surface area contributed by atoms with Crippen molar-refractivity contribution in [3.63, 3.8) is 0 Å². The van der Waals surface area contributed by atoms with Crippen molar-refractivity contribution in [1.82, 2.24) is 5.32 Å². The summed E-state index contributed by atoms with van der Waals surface area (Å²) in [6, 6.07) is 4.45. The maximum atomic E-state index is 11.6. The molecular weight excluding hydrogens is 246 g/mol. The third-order valence-corrected chi connectivity index (χ3v) is 2.86. The van der Waals surface area contributed by atoms with E-state index in [1.807, 2.05) is 0 Å². The van der Waals surface area contributed by atoms with Crippen LogP contribution in [0, 0.1) is 5.41 Å². The molecule has 0 bridgehead atoms. The van der Waals surface area contributed by atoms with Gasteiger partial charge in [0.25, 0.3) is 0 Å². The molecular formula is C13H19N3O3. The fourth-order valence-corrected chi connectivity index (χ4v) is 1.59. The molecule has 0 aliphatic rings. The lowest BCUT2D eigenvalue weighted by Crippen LogP contribution is -2.39. The zero-order valence-corrected chi connectivity index (χ0v) is 11.3. The normalized spacial score (nSPS) is 10.9. The standard InChI is InChI=1S/C13H19N3O3/c1-13(2,12(19)15-3)7-16-10-5-4-8(11(17)18)6-9(10)14/h4-6,16H,7,14H2,1-3H3,(H,15,19)(H,17,18). The summed E-state index contributed by atoms with van der Waals surface area (Å²) in [5.74, 6) is -1.11. The highest BCUT2D eigenvalue weighted by Gasteiger charge is 2.26. The molecule has 5 N–H and O–H groups in total. The molecule has 19 heavy (non-hydrogen) atoms. The minimum absolute atomic E-state index is 0.0827. The minimum Gasteiger partial charge on any atom is -0.478 e. The van der Waals surface area contributed by atoms with Gasteiger partial charge in [0.05, 0.1) is 22.4 Å². The Hall–Kier alpha value is -2.24. The fourth-order valence-electron chi connectivity index (χ4n) is 1.59. The van der Waals surface area contributed by atoms with Crippen molar-refractivity contribution < 1.29 is 14.7 Å². The Morgan fingerprint density at radius 1 is 1.37 bits per heavy atom. The molecule has 0 atom stereocenters. The average molecular weight is 265 g/mol. The van der Waals surface area contributed by atoms with E-state index in [1.54, 1.807) is 27.0 Å². The van der Waals surface area contributed by atoms with Crippen LogP contribution in [0.15, 0.2) is 18.2 Å². The zero-order valence-electron chi connectivity index (χ0n) is 11.3. The second-order valence-corrected chi connectivity index (χ2v) is 4.92. The second-order valence-electron chi connectivity index (χ2n) is 4.92. The number of benzene rings is 1. The monoisotopic (exact) mass is 265 g/mol. The number of amides is 1. The van der Waals surface area contributed by atoms with Gasteiger partial charge in [0, 0.05) is 13.6 Å². The van der Waals surface area contributed by atoms with Gasteiger partial charge in [0.15, 0.2) is 0 Å². The van der Waals surface area contributed by atoms with Crippen molar-refractivity contribution in [3.05, 3.63) is 23.8 Å². The number of hydrogen-bond donors (Lipinski definition) is 4. The van der Waals surface area contributed by atoms with Crippen molar-refractivity contribution in [1.29, 1.82) is 0 Å². The first-order valence-electron chi connectivity index (χ1n) is 5.87. The summed E-state index contributed by atoms with van der Waals surface area (Å²) >= 11 is 0. The highest BCUT2D eigenvalue weighted by Crippen LogP contribution is 2.23. The molecule has 0 fully saturated rings. The fraction of sp³-hybridized carbons (Fsp3) is 0.385. The van der Waals surface area contributed by atoms with Crippen LogP contribution in [0.2, 0.25) is 0 Å². The van der Waals surface area contributed by atoms with Crippen molar-refractivity contribution in [3.8, 4) is 0 Å². The molecule has 0 unspecified atom stereocenters. The first-order chi connectivity index (χ1) is 8.77. The molecule has 0 aliphatic carbocycles. The van der Waals surface area contributed by atoms with Crippen molar-refractivity contribution >= 4 is 23.3 Å². The summed E-state index contributed by atoms with van der Waals surface area (Å²) in [7, 11) is 1.58. The van der Waals surface area contributed by atoms with Gasteiger partial charge in [-0.15, -0.1) is 0 Å². The number of nitrogen functional groups attached to an aromatic ring is 1. The van der Waals surface area contributed by atoms with Crippen molar-refractivity contribution in [2.24, 2.45) is 5.41 Å². The molecule has 0 aliphatic heterocycles. The molecule has 0 saturated heterocycles. The summed E-state index contributed by atoms with van der Waals surface area (Å²) in [4.78, 5) is 22.4. The van der Waals surface area contributed by atoms with Gasteiger partial charge >= 0.3 is 5.97 Å². The molecule has 6 nitrogen and oxygen atoms in total. The van der Waals surface area contributed by atoms with Crippen LogP contribution < -0.4 is 16.4 Å². The summed E-state index contributed by atoms with van der Waals surface area (Å²) in [5.41, 5.74) is 6.27. The van der Waals surface area contributed by atoms with Gasteiger partial charge < -0.3 is 21.5 Å². The quantitative estimate of drug-likeness (QED) is 0.598. The molecule has 6 heteroatoms. The van der Waals surface area contributed by atoms with E-state index in [9.17, 15) is 9.59 Å². The third kappa shape index (κ3) is 3.61. The van der Waals surface area contributed by atoms with Gasteiger partial charge in [0.1, 0.15) is 0 Å². The van der Waals surface area contributed by atoms with Gasteiger partial charge in [-0.25, -0.2) is 4.79 Å². The Kier molecular flexibility index (Phi) is 4.37. The zero-order chi connectivity index (χ0) is 14.6. The number of aromatic carboxylic acids is 1. The largest absolute Gasteiger partial charge is 0.478 e. The maximum absolute atomic E-state index is 11.6. The van der Waals surface area contributed by atoms with Gasteiger partial charge in [0.2, 0.25) is 5.91 Å². The first-order valence-corrected chi connectivity index (χ1v) is 5.87. The van der Waals surface area contributed by atoms with Crippen LogP contribution in [0.4, 0.5) is 11.4 Å². The van der Waals surface area contributed by atoms with E-state index < -0.39 is 11.4 Å². The van der Waals surface area contributed by atoms with E-state index in [1.165, 1.54) is 12.1 Å². The topological polar surface area (TPSA) is 104 Å². The molecule has 104 valence electrons. The Bertz CT molecular complexity index is 498. The highest BCUT2D eigenvalue weighted by molar-refractivity contribution is 5.90. The lowest BCUT2D eigenvalue weighted by atomic mass is 9.92. The van der Waals surface area contributed by atoms with Crippen molar-refractivity contribution in [2.75, 3.05) is 24.6 Å². The first kappa shape index (κ1) is 14.8. The smallest absolute Gasteiger partial charge is 0.335 e. The average Bonchev–Trinajstić information content (AvgIpc) is 2.36. The maximum Gasteiger partial charge on any atom is 0.335 e. The Morgan fingerprint density at radius 3 is 2.47 bits per heavy atom. The SMILES string of the molecule is CNC(=O)C(C)(C)CNc1ccc(C(=O)O)cc1N. The number of nitrogens with two attached hydrogens (primary N) is 1. The van der Waals surface area contributed by atoms with Gasteiger partial charge in [-0.2, -0.15) is 0 Å².